The third kappa shape index (κ3) is 2.45. The Labute approximate surface area is 104 Å². The fourth-order valence-electron chi connectivity index (χ4n) is 1.71. The Kier molecular flexibility index (Phi) is 3.30. The van der Waals surface area contributed by atoms with E-state index in [9.17, 15) is 5.11 Å². The van der Waals surface area contributed by atoms with Gasteiger partial charge < -0.3 is 5.11 Å². The van der Waals surface area contributed by atoms with Crippen molar-refractivity contribution in [1.82, 2.24) is 0 Å². The molecule has 0 bridgehead atoms. The third-order valence-electron chi connectivity index (χ3n) is 2.64. The van der Waals surface area contributed by atoms with E-state index in [0.29, 0.717) is 5.75 Å². The van der Waals surface area contributed by atoms with Crippen LogP contribution in [0.3, 0.4) is 0 Å². The number of hydrogen-bond donors (Lipinski definition) is 1. The molecule has 0 aliphatic heterocycles. The topological polar surface area (TPSA) is 20.2 Å². The van der Waals surface area contributed by atoms with Crippen LogP contribution in [0.1, 0.15) is 16.7 Å². The van der Waals surface area contributed by atoms with Gasteiger partial charge in [0, 0.05) is 0 Å². The molecule has 0 aromatic heterocycles. The first-order valence-corrected chi connectivity index (χ1v) is 5.98. The number of aryl methyl sites for hydroxylation is 1. The van der Waals surface area contributed by atoms with E-state index in [1.165, 1.54) is 11.1 Å². The highest BCUT2D eigenvalue weighted by Crippen LogP contribution is 2.28. The minimum atomic E-state index is 0.300. The predicted octanol–water partition coefficient (Wildman–Crippen LogP) is 4.05. The smallest absolute Gasteiger partial charge is 0.130 e. The number of rotatable bonds is 2. The molecule has 0 aliphatic carbocycles. The molecule has 0 radical (unpaired) electrons. The van der Waals surface area contributed by atoms with Crippen molar-refractivity contribution in [3.8, 4) is 5.75 Å². The van der Waals surface area contributed by atoms with Crippen LogP contribution in [0.15, 0.2) is 46.9 Å². The molecule has 1 nitrogen and oxygen atoms in total. The second-order valence-electron chi connectivity index (χ2n) is 3.89. The van der Waals surface area contributed by atoms with Crippen LogP contribution in [0.5, 0.6) is 5.75 Å². The third-order valence-corrected chi connectivity index (χ3v) is 3.28. The van der Waals surface area contributed by atoms with Crippen molar-refractivity contribution in [2.75, 3.05) is 0 Å². The van der Waals surface area contributed by atoms with Crippen LogP contribution < -0.4 is 0 Å². The summed E-state index contributed by atoms with van der Waals surface area (Å²) in [6.07, 6.45) is 0.894. The number of aromatic hydroxyl groups is 1. The summed E-state index contributed by atoms with van der Waals surface area (Å²) in [6.45, 7) is 2.02. The monoisotopic (exact) mass is 276 g/mol. The van der Waals surface area contributed by atoms with Gasteiger partial charge in [-0.1, -0.05) is 30.3 Å². The fraction of sp³-hybridized carbons (Fsp3) is 0.143. The highest BCUT2D eigenvalue weighted by atomic mass is 79.9. The average Bonchev–Trinajstić information content (AvgIpc) is 2.27. The minimum Gasteiger partial charge on any atom is -0.507 e. The van der Waals surface area contributed by atoms with Crippen molar-refractivity contribution in [1.29, 1.82) is 0 Å². The van der Waals surface area contributed by atoms with E-state index in [-0.39, 0.29) is 0 Å². The molecular formula is C14H13BrO. The largest absolute Gasteiger partial charge is 0.507 e. The molecule has 0 heterocycles. The van der Waals surface area contributed by atoms with E-state index in [1.54, 1.807) is 6.07 Å². The normalized spacial score (nSPS) is 10.4. The van der Waals surface area contributed by atoms with Crippen LogP contribution in [-0.2, 0) is 6.42 Å². The summed E-state index contributed by atoms with van der Waals surface area (Å²) in [5.41, 5.74) is 3.63. The van der Waals surface area contributed by atoms with E-state index in [1.807, 2.05) is 31.2 Å². The molecule has 0 spiro atoms. The lowest BCUT2D eigenvalue weighted by Gasteiger charge is -2.08. The van der Waals surface area contributed by atoms with E-state index in [4.69, 9.17) is 0 Å². The summed E-state index contributed by atoms with van der Waals surface area (Å²) in [5, 5.41) is 9.54. The standard InChI is InChI=1S/C14H13BrO/c1-10-7-14(16)13(15)9-12(10)8-11-5-3-2-4-6-11/h2-7,9,16H,8H2,1H3. The van der Waals surface area contributed by atoms with Gasteiger partial charge in [-0.15, -0.1) is 0 Å². The Bertz CT molecular complexity index is 492. The van der Waals surface area contributed by atoms with Crippen LogP contribution in [-0.4, -0.2) is 5.11 Å². The van der Waals surface area contributed by atoms with Crippen LogP contribution in [0, 0.1) is 6.92 Å². The lowest BCUT2D eigenvalue weighted by molar-refractivity contribution is 0.471. The number of halogens is 1. The van der Waals surface area contributed by atoms with Gasteiger partial charge in [-0.25, -0.2) is 0 Å². The molecule has 1 N–H and O–H groups in total. The van der Waals surface area contributed by atoms with Crippen molar-refractivity contribution in [2.24, 2.45) is 0 Å². The van der Waals surface area contributed by atoms with Gasteiger partial charge >= 0.3 is 0 Å². The zero-order chi connectivity index (χ0) is 11.5. The molecule has 16 heavy (non-hydrogen) atoms. The first-order chi connectivity index (χ1) is 7.66. The molecule has 0 saturated heterocycles. The van der Waals surface area contributed by atoms with Gasteiger partial charge in [0.1, 0.15) is 5.75 Å². The highest BCUT2D eigenvalue weighted by molar-refractivity contribution is 9.10. The maximum absolute atomic E-state index is 9.54. The number of phenols is 1. The Morgan fingerprint density at radius 1 is 1.12 bits per heavy atom. The molecule has 0 unspecified atom stereocenters. The molecule has 82 valence electrons. The summed E-state index contributed by atoms with van der Waals surface area (Å²) in [7, 11) is 0. The van der Waals surface area contributed by atoms with E-state index in [2.05, 4.69) is 28.1 Å². The molecular weight excluding hydrogens is 264 g/mol. The van der Waals surface area contributed by atoms with Gasteiger partial charge in [-0.05, 0) is 58.1 Å². The zero-order valence-electron chi connectivity index (χ0n) is 9.07. The Hall–Kier alpha value is -1.28. The highest BCUT2D eigenvalue weighted by Gasteiger charge is 2.05. The van der Waals surface area contributed by atoms with Crippen molar-refractivity contribution in [2.45, 2.75) is 13.3 Å². The Morgan fingerprint density at radius 3 is 2.50 bits per heavy atom. The molecule has 0 atom stereocenters. The molecule has 2 rings (SSSR count). The fourth-order valence-corrected chi connectivity index (χ4v) is 2.10. The summed E-state index contributed by atoms with van der Waals surface area (Å²) < 4.78 is 0.754. The van der Waals surface area contributed by atoms with Crippen molar-refractivity contribution >= 4 is 15.9 Å². The van der Waals surface area contributed by atoms with Crippen LogP contribution in [0.4, 0.5) is 0 Å². The Morgan fingerprint density at radius 2 is 1.81 bits per heavy atom. The quantitative estimate of drug-likeness (QED) is 0.877. The molecule has 0 aliphatic rings. The molecule has 0 saturated carbocycles. The summed E-state index contributed by atoms with van der Waals surface area (Å²) in [5.74, 6) is 0.300. The van der Waals surface area contributed by atoms with Crippen molar-refractivity contribution in [3.05, 3.63) is 63.6 Å². The maximum atomic E-state index is 9.54. The second-order valence-corrected chi connectivity index (χ2v) is 4.75. The van der Waals surface area contributed by atoms with Crippen molar-refractivity contribution in [3.63, 3.8) is 0 Å². The predicted molar refractivity (Wildman–Crippen MR) is 69.8 cm³/mol. The summed E-state index contributed by atoms with van der Waals surface area (Å²) in [6, 6.07) is 14.1. The molecule has 2 aromatic rings. The number of hydrogen-bond acceptors (Lipinski definition) is 1. The second kappa shape index (κ2) is 4.71. The lowest BCUT2D eigenvalue weighted by atomic mass is 10.0. The van der Waals surface area contributed by atoms with Crippen LogP contribution >= 0.6 is 15.9 Å². The van der Waals surface area contributed by atoms with Gasteiger partial charge in [-0.2, -0.15) is 0 Å². The van der Waals surface area contributed by atoms with E-state index < -0.39 is 0 Å². The average molecular weight is 277 g/mol. The molecule has 2 aromatic carbocycles. The van der Waals surface area contributed by atoms with E-state index >= 15 is 0 Å². The number of phenolic OH excluding ortho intramolecular Hbond substituents is 1. The van der Waals surface area contributed by atoms with Gasteiger partial charge in [-0.3, -0.25) is 0 Å². The van der Waals surface area contributed by atoms with Gasteiger partial charge in [0.05, 0.1) is 4.47 Å². The first kappa shape index (κ1) is 11.2. The minimum absolute atomic E-state index is 0.300. The molecule has 0 fully saturated rings. The summed E-state index contributed by atoms with van der Waals surface area (Å²) >= 11 is 3.34. The van der Waals surface area contributed by atoms with Crippen LogP contribution in [0.25, 0.3) is 0 Å². The van der Waals surface area contributed by atoms with Gasteiger partial charge in [0.25, 0.3) is 0 Å². The first-order valence-electron chi connectivity index (χ1n) is 5.19. The van der Waals surface area contributed by atoms with Crippen LogP contribution in [0.2, 0.25) is 0 Å². The Balaban J connectivity index is 2.32. The van der Waals surface area contributed by atoms with Gasteiger partial charge in [0.15, 0.2) is 0 Å². The lowest BCUT2D eigenvalue weighted by Crippen LogP contribution is -1.91. The van der Waals surface area contributed by atoms with E-state index in [0.717, 1.165) is 16.5 Å². The molecule has 0 amide bonds. The van der Waals surface area contributed by atoms with Crippen molar-refractivity contribution < 1.29 is 5.11 Å². The van der Waals surface area contributed by atoms with Gasteiger partial charge in [0.2, 0.25) is 0 Å². The SMILES string of the molecule is Cc1cc(O)c(Br)cc1Cc1ccccc1. The summed E-state index contributed by atoms with van der Waals surface area (Å²) in [4.78, 5) is 0. The molecule has 2 heteroatoms. The number of benzene rings is 2. The zero-order valence-corrected chi connectivity index (χ0v) is 10.7. The maximum Gasteiger partial charge on any atom is 0.130 e.